The summed E-state index contributed by atoms with van der Waals surface area (Å²) >= 11 is 0. The first-order chi connectivity index (χ1) is 11.0. The molecule has 0 unspecified atom stereocenters. The number of rotatable bonds is 5. The monoisotopic (exact) mass is 334 g/mol. The molecule has 2 aromatic rings. The Morgan fingerprint density at radius 2 is 2.22 bits per heavy atom. The van der Waals surface area contributed by atoms with Gasteiger partial charge in [-0.25, -0.2) is 17.4 Å². The van der Waals surface area contributed by atoms with Gasteiger partial charge in [-0.2, -0.15) is 5.10 Å². The molecule has 1 aliphatic rings. The summed E-state index contributed by atoms with van der Waals surface area (Å²) in [5.74, 6) is 0. The maximum absolute atomic E-state index is 11.7. The maximum Gasteiger partial charge on any atom is 0.211 e. The summed E-state index contributed by atoms with van der Waals surface area (Å²) in [6.07, 6.45) is 6.86. The zero-order chi connectivity index (χ0) is 16.3. The molecule has 1 saturated heterocycles. The summed E-state index contributed by atoms with van der Waals surface area (Å²) in [6.45, 7) is 1.90. The molecule has 1 aliphatic heterocycles. The quantitative estimate of drug-likeness (QED) is 0.897. The fourth-order valence-electron chi connectivity index (χ4n) is 2.90. The van der Waals surface area contributed by atoms with Gasteiger partial charge in [-0.3, -0.25) is 0 Å². The standard InChI is InChI=1S/C16H22N4O2S/c1-23(21,22)19-9-3-6-15(13-19)17-12-14-5-2-7-16(11-14)20-10-4-8-18-20/h2,4-5,7-8,10-11,15,17H,3,6,9,12-13H2,1H3/t15-/m0/s1. The topological polar surface area (TPSA) is 67.2 Å². The van der Waals surface area contributed by atoms with Gasteiger partial charge in [0.1, 0.15) is 0 Å². The predicted octanol–water partition coefficient (Wildman–Crippen LogP) is 1.39. The van der Waals surface area contributed by atoms with Gasteiger partial charge in [0.15, 0.2) is 0 Å². The van der Waals surface area contributed by atoms with Crippen molar-refractivity contribution in [3.05, 3.63) is 48.3 Å². The van der Waals surface area contributed by atoms with Crippen LogP contribution in [0.5, 0.6) is 0 Å². The van der Waals surface area contributed by atoms with Crippen molar-refractivity contribution in [3.8, 4) is 5.69 Å². The lowest BCUT2D eigenvalue weighted by Gasteiger charge is -2.31. The molecule has 3 rings (SSSR count). The average Bonchev–Trinajstić information content (AvgIpc) is 3.07. The minimum absolute atomic E-state index is 0.201. The van der Waals surface area contributed by atoms with E-state index in [1.165, 1.54) is 6.26 Å². The molecule has 124 valence electrons. The van der Waals surface area contributed by atoms with Gasteiger partial charge >= 0.3 is 0 Å². The zero-order valence-electron chi connectivity index (χ0n) is 13.2. The van der Waals surface area contributed by atoms with E-state index in [2.05, 4.69) is 22.5 Å². The van der Waals surface area contributed by atoms with E-state index in [9.17, 15) is 8.42 Å². The van der Waals surface area contributed by atoms with E-state index in [-0.39, 0.29) is 6.04 Å². The van der Waals surface area contributed by atoms with Crippen LogP contribution in [0, 0.1) is 0 Å². The minimum atomic E-state index is -3.10. The van der Waals surface area contributed by atoms with Gasteiger partial charge in [0, 0.05) is 38.1 Å². The van der Waals surface area contributed by atoms with Crippen molar-refractivity contribution in [2.75, 3.05) is 19.3 Å². The third-order valence-corrected chi connectivity index (χ3v) is 5.40. The highest BCUT2D eigenvalue weighted by molar-refractivity contribution is 7.88. The van der Waals surface area contributed by atoms with Crippen LogP contribution in [0.4, 0.5) is 0 Å². The van der Waals surface area contributed by atoms with Gasteiger partial charge in [-0.05, 0) is 36.6 Å². The van der Waals surface area contributed by atoms with E-state index in [0.717, 1.165) is 30.6 Å². The summed E-state index contributed by atoms with van der Waals surface area (Å²) in [4.78, 5) is 0. The van der Waals surface area contributed by atoms with Crippen LogP contribution >= 0.6 is 0 Å². The molecule has 1 aromatic carbocycles. The lowest BCUT2D eigenvalue weighted by Crippen LogP contribution is -2.47. The van der Waals surface area contributed by atoms with Crippen molar-refractivity contribution in [2.24, 2.45) is 0 Å². The number of hydrogen-bond acceptors (Lipinski definition) is 4. The molecule has 0 amide bonds. The van der Waals surface area contributed by atoms with E-state index in [1.54, 1.807) is 10.5 Å². The smallest absolute Gasteiger partial charge is 0.211 e. The van der Waals surface area contributed by atoms with Crippen molar-refractivity contribution in [1.29, 1.82) is 0 Å². The fourth-order valence-corrected chi connectivity index (χ4v) is 3.81. The molecular formula is C16H22N4O2S. The number of nitrogens with one attached hydrogen (secondary N) is 1. The molecular weight excluding hydrogens is 312 g/mol. The van der Waals surface area contributed by atoms with Crippen LogP contribution in [0.1, 0.15) is 18.4 Å². The largest absolute Gasteiger partial charge is 0.309 e. The fraction of sp³-hybridized carbons (Fsp3) is 0.438. The van der Waals surface area contributed by atoms with Crippen LogP contribution in [0.3, 0.4) is 0 Å². The highest BCUT2D eigenvalue weighted by Crippen LogP contribution is 2.14. The first kappa shape index (κ1) is 16.2. The Bertz CT molecular complexity index is 743. The molecule has 7 heteroatoms. The number of piperidine rings is 1. The second-order valence-corrected chi connectivity index (χ2v) is 7.94. The third-order valence-electron chi connectivity index (χ3n) is 4.13. The second-order valence-electron chi connectivity index (χ2n) is 5.96. The molecule has 23 heavy (non-hydrogen) atoms. The Balaban J connectivity index is 1.61. The average molecular weight is 334 g/mol. The van der Waals surface area contributed by atoms with Crippen molar-refractivity contribution < 1.29 is 8.42 Å². The molecule has 0 bridgehead atoms. The van der Waals surface area contributed by atoms with E-state index in [1.807, 2.05) is 29.1 Å². The Hall–Kier alpha value is -1.70. The van der Waals surface area contributed by atoms with E-state index in [4.69, 9.17) is 0 Å². The number of hydrogen-bond donors (Lipinski definition) is 1. The number of sulfonamides is 1. The van der Waals surface area contributed by atoms with Gasteiger partial charge in [-0.1, -0.05) is 12.1 Å². The second kappa shape index (κ2) is 6.82. The SMILES string of the molecule is CS(=O)(=O)N1CCC[C@H](NCc2cccc(-n3cccn3)c2)C1. The molecule has 0 saturated carbocycles. The van der Waals surface area contributed by atoms with Crippen molar-refractivity contribution in [2.45, 2.75) is 25.4 Å². The van der Waals surface area contributed by atoms with E-state index < -0.39 is 10.0 Å². The van der Waals surface area contributed by atoms with Crippen LogP contribution in [0.2, 0.25) is 0 Å². The summed E-state index contributed by atoms with van der Waals surface area (Å²) in [7, 11) is -3.10. The van der Waals surface area contributed by atoms with Crippen LogP contribution in [-0.4, -0.2) is 47.9 Å². The first-order valence-corrected chi connectivity index (χ1v) is 9.65. The molecule has 0 radical (unpaired) electrons. The third kappa shape index (κ3) is 4.19. The van der Waals surface area contributed by atoms with Crippen molar-refractivity contribution >= 4 is 10.0 Å². The van der Waals surface area contributed by atoms with Crippen molar-refractivity contribution in [1.82, 2.24) is 19.4 Å². The maximum atomic E-state index is 11.7. The number of aromatic nitrogens is 2. The molecule has 2 heterocycles. The summed E-state index contributed by atoms with van der Waals surface area (Å²) < 4.78 is 26.7. The molecule has 1 N–H and O–H groups in total. The molecule has 0 aliphatic carbocycles. The van der Waals surface area contributed by atoms with Crippen LogP contribution in [0.25, 0.3) is 5.69 Å². The Morgan fingerprint density at radius 1 is 1.35 bits per heavy atom. The summed E-state index contributed by atoms with van der Waals surface area (Å²) in [5, 5.41) is 7.71. The first-order valence-electron chi connectivity index (χ1n) is 7.80. The molecule has 0 spiro atoms. The normalized spacial score (nSPS) is 19.8. The summed E-state index contributed by atoms with van der Waals surface area (Å²) in [5.41, 5.74) is 2.19. The lowest BCUT2D eigenvalue weighted by molar-refractivity contribution is 0.284. The molecule has 1 aromatic heterocycles. The molecule has 6 nitrogen and oxygen atoms in total. The summed E-state index contributed by atoms with van der Waals surface area (Å²) in [6, 6.07) is 10.3. The number of nitrogens with zero attached hydrogens (tertiary/aromatic N) is 3. The highest BCUT2D eigenvalue weighted by Gasteiger charge is 2.25. The van der Waals surface area contributed by atoms with E-state index >= 15 is 0 Å². The Labute approximate surface area is 137 Å². The minimum Gasteiger partial charge on any atom is -0.309 e. The van der Waals surface area contributed by atoms with Gasteiger partial charge in [0.05, 0.1) is 11.9 Å². The van der Waals surface area contributed by atoms with Crippen molar-refractivity contribution in [3.63, 3.8) is 0 Å². The van der Waals surface area contributed by atoms with Gasteiger partial charge in [-0.15, -0.1) is 0 Å². The number of benzene rings is 1. The van der Waals surface area contributed by atoms with Gasteiger partial charge in [0.25, 0.3) is 0 Å². The van der Waals surface area contributed by atoms with Crippen LogP contribution in [-0.2, 0) is 16.6 Å². The molecule has 1 atom stereocenters. The van der Waals surface area contributed by atoms with E-state index in [0.29, 0.717) is 13.1 Å². The van der Waals surface area contributed by atoms with Crippen LogP contribution in [0.15, 0.2) is 42.7 Å². The molecule has 1 fully saturated rings. The Morgan fingerprint density at radius 3 is 2.96 bits per heavy atom. The van der Waals surface area contributed by atoms with Crippen LogP contribution < -0.4 is 5.32 Å². The van der Waals surface area contributed by atoms with Gasteiger partial charge in [0.2, 0.25) is 10.0 Å². The Kier molecular flexibility index (Phi) is 4.79. The zero-order valence-corrected chi connectivity index (χ0v) is 14.0. The predicted molar refractivity (Wildman–Crippen MR) is 89.8 cm³/mol. The van der Waals surface area contributed by atoms with Gasteiger partial charge < -0.3 is 5.32 Å². The lowest BCUT2D eigenvalue weighted by atomic mass is 10.1. The highest BCUT2D eigenvalue weighted by atomic mass is 32.2.